The minimum atomic E-state index is 0.169. The number of hydrogen-bond donors (Lipinski definition) is 1. The Morgan fingerprint density at radius 3 is 2.76 bits per heavy atom. The van der Waals surface area contributed by atoms with Gasteiger partial charge in [0.05, 0.1) is 48.9 Å². The summed E-state index contributed by atoms with van der Waals surface area (Å²) < 4.78 is 15.2. The number of anilines is 2. The quantitative estimate of drug-likeness (QED) is 0.502. The third-order valence-electron chi connectivity index (χ3n) is 4.55. The lowest BCUT2D eigenvalue weighted by molar-refractivity contribution is 0.0638. The smallest absolute Gasteiger partial charge is 0.160 e. The van der Waals surface area contributed by atoms with Crippen LogP contribution >= 0.6 is 0 Å². The summed E-state index contributed by atoms with van der Waals surface area (Å²) in [5.74, 6) is 0.758. The fourth-order valence-corrected chi connectivity index (χ4v) is 3.16. The zero-order chi connectivity index (χ0) is 20.4. The fourth-order valence-electron chi connectivity index (χ4n) is 3.16. The Bertz CT molecular complexity index is 1130. The molecule has 0 fully saturated rings. The minimum Gasteiger partial charge on any atom is -0.494 e. The van der Waals surface area contributed by atoms with Crippen LogP contribution in [0.5, 0.6) is 5.75 Å². The van der Waals surface area contributed by atoms with Gasteiger partial charge in [-0.3, -0.25) is 0 Å². The molecule has 0 aliphatic heterocycles. The van der Waals surface area contributed by atoms with Crippen molar-refractivity contribution in [2.75, 3.05) is 12.4 Å². The first kappa shape index (κ1) is 19.0. The molecule has 0 unspecified atom stereocenters. The van der Waals surface area contributed by atoms with E-state index in [0.717, 1.165) is 39.8 Å². The maximum atomic E-state index is 5.68. The van der Waals surface area contributed by atoms with E-state index in [9.17, 15) is 0 Å². The average molecular weight is 391 g/mol. The van der Waals surface area contributed by atoms with Crippen molar-refractivity contribution in [1.29, 1.82) is 0 Å². The molecule has 7 heteroatoms. The van der Waals surface area contributed by atoms with E-state index < -0.39 is 0 Å². The minimum absolute atomic E-state index is 0.169. The Morgan fingerprint density at radius 1 is 1.17 bits per heavy atom. The second kappa shape index (κ2) is 7.97. The molecule has 0 bridgehead atoms. The van der Waals surface area contributed by atoms with Crippen molar-refractivity contribution in [3.63, 3.8) is 0 Å². The molecule has 0 atom stereocenters. The summed E-state index contributed by atoms with van der Waals surface area (Å²) in [5, 5.41) is 3.45. The largest absolute Gasteiger partial charge is 0.494 e. The van der Waals surface area contributed by atoms with Gasteiger partial charge in [0, 0.05) is 30.3 Å². The molecule has 1 aromatic carbocycles. The van der Waals surface area contributed by atoms with Crippen molar-refractivity contribution in [2.24, 2.45) is 0 Å². The van der Waals surface area contributed by atoms with E-state index in [-0.39, 0.29) is 6.10 Å². The molecule has 0 aliphatic rings. The number of pyridine rings is 1. The Balaban J connectivity index is 1.62. The monoisotopic (exact) mass is 391 g/mol. The van der Waals surface area contributed by atoms with E-state index in [1.54, 1.807) is 13.4 Å². The van der Waals surface area contributed by atoms with Crippen LogP contribution in [0.4, 0.5) is 11.4 Å². The highest BCUT2D eigenvalue weighted by Crippen LogP contribution is 2.29. The summed E-state index contributed by atoms with van der Waals surface area (Å²) in [4.78, 5) is 9.01. The second-order valence-electron chi connectivity index (χ2n) is 7.18. The van der Waals surface area contributed by atoms with Crippen LogP contribution in [0.3, 0.4) is 0 Å². The summed E-state index contributed by atoms with van der Waals surface area (Å²) >= 11 is 0. The predicted octanol–water partition coefficient (Wildman–Crippen LogP) is 4.51. The van der Waals surface area contributed by atoms with Gasteiger partial charge < -0.3 is 23.8 Å². The van der Waals surface area contributed by atoms with Crippen molar-refractivity contribution >= 4 is 17.0 Å². The molecule has 3 heterocycles. The highest BCUT2D eigenvalue weighted by atomic mass is 16.5. The van der Waals surface area contributed by atoms with E-state index in [1.165, 1.54) is 0 Å². The zero-order valence-corrected chi connectivity index (χ0v) is 17.1. The summed E-state index contributed by atoms with van der Waals surface area (Å²) in [5.41, 5.74) is 5.47. The first-order valence-corrected chi connectivity index (χ1v) is 9.57. The molecular weight excluding hydrogens is 366 g/mol. The van der Waals surface area contributed by atoms with Crippen LogP contribution in [0.2, 0.25) is 0 Å². The first-order chi connectivity index (χ1) is 14.0. The van der Waals surface area contributed by atoms with Crippen LogP contribution < -0.4 is 10.1 Å². The molecule has 4 rings (SSSR count). The van der Waals surface area contributed by atoms with E-state index in [4.69, 9.17) is 14.5 Å². The van der Waals surface area contributed by atoms with Crippen molar-refractivity contribution in [2.45, 2.75) is 33.5 Å². The van der Waals surface area contributed by atoms with Gasteiger partial charge in [-0.1, -0.05) is 0 Å². The molecule has 0 amide bonds. The molecule has 3 aromatic heterocycles. The van der Waals surface area contributed by atoms with Crippen LogP contribution in [0.1, 0.15) is 25.2 Å². The molecule has 4 aromatic rings. The van der Waals surface area contributed by atoms with Gasteiger partial charge in [-0.05, 0) is 45.0 Å². The fraction of sp³-hybridized carbons (Fsp3) is 0.273. The lowest BCUT2D eigenvalue weighted by Gasteiger charge is -2.13. The van der Waals surface area contributed by atoms with Crippen molar-refractivity contribution < 1.29 is 9.47 Å². The maximum absolute atomic E-state index is 5.68. The number of benzene rings is 1. The number of imidazole rings is 2. The molecule has 0 saturated heterocycles. The van der Waals surface area contributed by atoms with Crippen LogP contribution in [0.15, 0.2) is 55.2 Å². The summed E-state index contributed by atoms with van der Waals surface area (Å²) in [6, 6.07) is 10.00. The highest BCUT2D eigenvalue weighted by Gasteiger charge is 2.11. The van der Waals surface area contributed by atoms with Crippen LogP contribution in [0.25, 0.3) is 11.3 Å². The van der Waals surface area contributed by atoms with Crippen LogP contribution in [-0.2, 0) is 11.3 Å². The first-order valence-electron chi connectivity index (χ1n) is 9.57. The molecular formula is C22H25N5O2. The maximum Gasteiger partial charge on any atom is 0.160 e. The highest BCUT2D eigenvalue weighted by molar-refractivity contribution is 5.75. The number of rotatable bonds is 7. The van der Waals surface area contributed by atoms with Gasteiger partial charge in [-0.15, -0.1) is 0 Å². The number of fused-ring (bicyclic) bond motifs is 1. The van der Waals surface area contributed by atoms with Crippen LogP contribution in [-0.4, -0.2) is 32.1 Å². The molecule has 29 heavy (non-hydrogen) atoms. The molecule has 150 valence electrons. The Kier molecular flexibility index (Phi) is 5.22. The molecule has 7 nitrogen and oxygen atoms in total. The third-order valence-corrected chi connectivity index (χ3v) is 4.55. The Hall–Kier alpha value is -3.32. The van der Waals surface area contributed by atoms with Crippen molar-refractivity contribution in [3.8, 4) is 11.4 Å². The molecule has 0 saturated carbocycles. The predicted molar refractivity (Wildman–Crippen MR) is 113 cm³/mol. The van der Waals surface area contributed by atoms with Crippen molar-refractivity contribution in [3.05, 3.63) is 66.6 Å². The molecule has 1 N–H and O–H groups in total. The topological polar surface area (TPSA) is 65.6 Å². The van der Waals surface area contributed by atoms with Gasteiger partial charge in [0.2, 0.25) is 0 Å². The summed E-state index contributed by atoms with van der Waals surface area (Å²) in [6.45, 7) is 6.49. The van der Waals surface area contributed by atoms with Gasteiger partial charge >= 0.3 is 0 Å². The Labute approximate surface area is 169 Å². The lowest BCUT2D eigenvalue weighted by atomic mass is 10.2. The average Bonchev–Trinajstić information content (AvgIpc) is 3.33. The number of aryl methyl sites for hydroxylation is 1. The number of methoxy groups -OCH3 is 1. The van der Waals surface area contributed by atoms with Gasteiger partial charge in [0.15, 0.2) is 5.65 Å². The number of aromatic nitrogens is 4. The van der Waals surface area contributed by atoms with Crippen molar-refractivity contribution in [1.82, 2.24) is 18.9 Å². The van der Waals surface area contributed by atoms with E-state index in [0.29, 0.717) is 6.61 Å². The van der Waals surface area contributed by atoms with E-state index in [2.05, 4.69) is 10.3 Å². The number of nitrogens with zero attached hydrogens (tertiary/aromatic N) is 4. The summed E-state index contributed by atoms with van der Waals surface area (Å²) in [6.07, 6.45) is 7.90. The van der Waals surface area contributed by atoms with E-state index in [1.807, 2.05) is 78.7 Å². The molecule has 0 radical (unpaired) electrons. The van der Waals surface area contributed by atoms with Gasteiger partial charge in [-0.25, -0.2) is 9.97 Å². The normalized spacial score (nSPS) is 11.3. The molecule has 0 aliphatic carbocycles. The number of nitrogens with one attached hydrogen (secondary N) is 1. The van der Waals surface area contributed by atoms with Gasteiger partial charge in [0.1, 0.15) is 5.75 Å². The molecule has 0 spiro atoms. The van der Waals surface area contributed by atoms with Gasteiger partial charge in [0.25, 0.3) is 0 Å². The lowest BCUT2D eigenvalue weighted by Crippen LogP contribution is -2.02. The standard InChI is InChI=1S/C22H25N5O2/c1-15(2)29-13-18-12-26-9-5-6-19(22(26)25-18)24-17-7-8-20(21(10-17)28-4)27-11-16(3)23-14-27/h5-12,14-15,24H,13H2,1-4H3. The number of ether oxygens (including phenoxy) is 2. The third kappa shape index (κ3) is 4.09. The van der Waals surface area contributed by atoms with Gasteiger partial charge in [-0.2, -0.15) is 0 Å². The van der Waals surface area contributed by atoms with E-state index >= 15 is 0 Å². The summed E-state index contributed by atoms with van der Waals surface area (Å²) in [7, 11) is 1.67. The Morgan fingerprint density at radius 2 is 2.03 bits per heavy atom. The SMILES string of the molecule is COc1cc(Nc2cccn3cc(COC(C)C)nc23)ccc1-n1cnc(C)c1. The zero-order valence-electron chi connectivity index (χ0n) is 17.1. The number of hydrogen-bond acceptors (Lipinski definition) is 5. The second-order valence-corrected chi connectivity index (χ2v) is 7.18. The van der Waals surface area contributed by atoms with Crippen LogP contribution in [0, 0.1) is 6.92 Å².